The highest BCUT2D eigenvalue weighted by atomic mass is 35.5. The minimum absolute atomic E-state index is 0.0452. The Morgan fingerprint density at radius 2 is 2.11 bits per heavy atom. The molecule has 0 radical (unpaired) electrons. The summed E-state index contributed by atoms with van der Waals surface area (Å²) in [4.78, 5) is 3.78. The van der Waals surface area contributed by atoms with Gasteiger partial charge in [-0.2, -0.15) is 0 Å². The number of hydrogen-bond donors (Lipinski definition) is 1. The third-order valence-electron chi connectivity index (χ3n) is 3.43. The van der Waals surface area contributed by atoms with Crippen molar-refractivity contribution in [2.75, 3.05) is 6.54 Å². The molecule has 1 aliphatic rings. The summed E-state index contributed by atoms with van der Waals surface area (Å²) >= 11 is 11.4. The van der Waals surface area contributed by atoms with Crippen LogP contribution in [0.25, 0.3) is 0 Å². The second-order valence-corrected chi connectivity index (χ2v) is 7.15. The number of sulfonamides is 1. The molecule has 0 atom stereocenters. The molecule has 0 bridgehead atoms. The fraction of sp³-hybridized carbons (Fsp3) is 0.545. The fourth-order valence-corrected chi connectivity index (χ4v) is 3.18. The smallest absolute Gasteiger partial charge is 0.242 e. The second kappa shape index (κ2) is 4.96. The lowest BCUT2D eigenvalue weighted by Gasteiger charge is -2.13. The molecule has 1 N–H and O–H groups in total. The van der Waals surface area contributed by atoms with Crippen LogP contribution in [0.15, 0.2) is 17.2 Å². The maximum absolute atomic E-state index is 12.0. The molecule has 2 rings (SSSR count). The van der Waals surface area contributed by atoms with Gasteiger partial charge in [-0.05, 0) is 30.7 Å². The first-order valence-electron chi connectivity index (χ1n) is 5.69. The van der Waals surface area contributed by atoms with Gasteiger partial charge in [0.25, 0.3) is 0 Å². The van der Waals surface area contributed by atoms with Crippen LogP contribution < -0.4 is 4.72 Å². The molecule has 1 fully saturated rings. The lowest BCUT2D eigenvalue weighted by atomic mass is 10.1. The maximum Gasteiger partial charge on any atom is 0.242 e. The third kappa shape index (κ3) is 2.96. The molecule has 1 saturated carbocycles. The predicted octanol–water partition coefficient (Wildman–Crippen LogP) is 2.86. The Kier molecular flexibility index (Phi) is 3.88. The van der Waals surface area contributed by atoms with Crippen LogP contribution in [0.1, 0.15) is 26.2 Å². The highest BCUT2D eigenvalue weighted by Crippen LogP contribution is 2.48. The Morgan fingerprint density at radius 3 is 2.61 bits per heavy atom. The van der Waals surface area contributed by atoms with Crippen molar-refractivity contribution in [3.63, 3.8) is 0 Å². The van der Waals surface area contributed by atoms with Crippen LogP contribution in [0.2, 0.25) is 10.2 Å². The van der Waals surface area contributed by atoms with Gasteiger partial charge in [0.2, 0.25) is 10.0 Å². The van der Waals surface area contributed by atoms with Gasteiger partial charge in [0.15, 0.2) is 0 Å². The zero-order valence-electron chi connectivity index (χ0n) is 9.91. The van der Waals surface area contributed by atoms with E-state index in [1.807, 2.05) is 0 Å². The second-order valence-electron chi connectivity index (χ2n) is 4.62. The zero-order valence-corrected chi connectivity index (χ0v) is 12.2. The lowest BCUT2D eigenvalue weighted by Crippen LogP contribution is -2.30. The van der Waals surface area contributed by atoms with Crippen LogP contribution in [0.4, 0.5) is 0 Å². The van der Waals surface area contributed by atoms with E-state index in [1.54, 1.807) is 0 Å². The van der Waals surface area contributed by atoms with Gasteiger partial charge < -0.3 is 0 Å². The fourth-order valence-electron chi connectivity index (χ4n) is 1.71. The number of nitrogens with one attached hydrogen (secondary N) is 1. The van der Waals surface area contributed by atoms with E-state index in [4.69, 9.17) is 23.2 Å². The summed E-state index contributed by atoms with van der Waals surface area (Å²) in [6.07, 6.45) is 4.34. The molecule has 0 saturated heterocycles. The first-order valence-corrected chi connectivity index (χ1v) is 7.93. The average Bonchev–Trinajstić information content (AvgIpc) is 3.11. The van der Waals surface area contributed by atoms with Crippen molar-refractivity contribution < 1.29 is 8.42 Å². The quantitative estimate of drug-likeness (QED) is 0.851. The van der Waals surface area contributed by atoms with Crippen LogP contribution in [-0.2, 0) is 10.0 Å². The molecule has 0 aliphatic heterocycles. The van der Waals surface area contributed by atoms with E-state index in [2.05, 4.69) is 16.6 Å². The van der Waals surface area contributed by atoms with Crippen LogP contribution in [0, 0.1) is 5.41 Å². The number of aromatic nitrogens is 1. The van der Waals surface area contributed by atoms with Crippen molar-refractivity contribution in [1.29, 1.82) is 0 Å². The van der Waals surface area contributed by atoms with Gasteiger partial charge in [-0.25, -0.2) is 18.1 Å². The summed E-state index contributed by atoms with van der Waals surface area (Å²) in [6.45, 7) is 2.54. The van der Waals surface area contributed by atoms with Gasteiger partial charge >= 0.3 is 0 Å². The van der Waals surface area contributed by atoms with Crippen LogP contribution in [0.3, 0.4) is 0 Å². The largest absolute Gasteiger partial charge is 0.242 e. The number of hydrogen-bond acceptors (Lipinski definition) is 3. The predicted molar refractivity (Wildman–Crippen MR) is 71.4 cm³/mol. The molecular formula is C11H14Cl2N2O2S. The summed E-state index contributed by atoms with van der Waals surface area (Å²) < 4.78 is 26.7. The van der Waals surface area contributed by atoms with E-state index in [-0.39, 0.29) is 20.5 Å². The van der Waals surface area contributed by atoms with Gasteiger partial charge in [0.05, 0.1) is 5.02 Å². The highest BCUT2D eigenvalue weighted by Gasteiger charge is 2.41. The molecular weight excluding hydrogens is 295 g/mol. The molecule has 0 aromatic carbocycles. The standard InChI is InChI=1S/C11H14Cl2N2O2S/c1-2-11(3-4-11)7-15-18(16,17)8-5-9(12)10(13)14-6-8/h5-6,15H,2-4,7H2,1H3. The molecule has 1 aromatic rings. The summed E-state index contributed by atoms with van der Waals surface area (Å²) in [5.41, 5.74) is 0.150. The van der Waals surface area contributed by atoms with Gasteiger partial charge in [-0.1, -0.05) is 30.1 Å². The van der Waals surface area contributed by atoms with Gasteiger partial charge in [-0.3, -0.25) is 0 Å². The minimum Gasteiger partial charge on any atom is -0.242 e. The Morgan fingerprint density at radius 1 is 1.44 bits per heavy atom. The number of nitrogens with zero attached hydrogens (tertiary/aromatic N) is 1. The summed E-state index contributed by atoms with van der Waals surface area (Å²) in [7, 11) is -3.56. The summed E-state index contributed by atoms with van der Waals surface area (Å²) in [5, 5.41) is 0.235. The van der Waals surface area contributed by atoms with Crippen LogP contribution in [0.5, 0.6) is 0 Å². The first-order chi connectivity index (χ1) is 8.38. The molecule has 1 aliphatic carbocycles. The monoisotopic (exact) mass is 308 g/mol. The molecule has 4 nitrogen and oxygen atoms in total. The Balaban J connectivity index is 2.13. The SMILES string of the molecule is CCC1(CNS(=O)(=O)c2cnc(Cl)c(Cl)c2)CC1. The van der Waals surface area contributed by atoms with E-state index < -0.39 is 10.0 Å². The van der Waals surface area contributed by atoms with Crippen molar-refractivity contribution in [3.05, 3.63) is 22.4 Å². The van der Waals surface area contributed by atoms with E-state index >= 15 is 0 Å². The minimum atomic E-state index is -3.56. The Bertz CT molecular complexity index is 556. The summed E-state index contributed by atoms with van der Waals surface area (Å²) in [6, 6.07) is 1.31. The lowest BCUT2D eigenvalue weighted by molar-refractivity contribution is 0.475. The zero-order chi connectivity index (χ0) is 13.4. The Labute approximate surface area is 117 Å². The van der Waals surface area contributed by atoms with Crippen LogP contribution in [-0.4, -0.2) is 19.9 Å². The number of halogens is 2. The van der Waals surface area contributed by atoms with Gasteiger partial charge in [0, 0.05) is 12.7 Å². The molecule has 1 heterocycles. The van der Waals surface area contributed by atoms with Crippen molar-refractivity contribution in [2.45, 2.75) is 31.1 Å². The third-order valence-corrected chi connectivity index (χ3v) is 5.48. The first kappa shape index (κ1) is 14.1. The van der Waals surface area contributed by atoms with Gasteiger partial charge in [-0.15, -0.1) is 0 Å². The highest BCUT2D eigenvalue weighted by molar-refractivity contribution is 7.89. The molecule has 0 amide bonds. The van der Waals surface area contributed by atoms with E-state index in [1.165, 1.54) is 12.3 Å². The van der Waals surface area contributed by atoms with E-state index in [0.717, 1.165) is 19.3 Å². The molecule has 0 spiro atoms. The van der Waals surface area contributed by atoms with E-state index in [0.29, 0.717) is 6.54 Å². The molecule has 18 heavy (non-hydrogen) atoms. The van der Waals surface area contributed by atoms with Crippen molar-refractivity contribution >= 4 is 33.2 Å². The van der Waals surface area contributed by atoms with Crippen molar-refractivity contribution in [1.82, 2.24) is 9.71 Å². The molecule has 7 heteroatoms. The molecule has 100 valence electrons. The average molecular weight is 309 g/mol. The molecule has 1 aromatic heterocycles. The van der Waals surface area contributed by atoms with Gasteiger partial charge in [0.1, 0.15) is 10.0 Å². The summed E-state index contributed by atoms with van der Waals surface area (Å²) in [5.74, 6) is 0. The van der Waals surface area contributed by atoms with Crippen LogP contribution >= 0.6 is 23.2 Å². The Hall–Kier alpha value is -0.360. The topological polar surface area (TPSA) is 59.1 Å². The molecule has 0 unspecified atom stereocenters. The van der Waals surface area contributed by atoms with Crippen molar-refractivity contribution in [3.8, 4) is 0 Å². The van der Waals surface area contributed by atoms with Crippen molar-refractivity contribution in [2.24, 2.45) is 5.41 Å². The number of pyridine rings is 1. The van der Waals surface area contributed by atoms with E-state index in [9.17, 15) is 8.42 Å². The normalized spacial score (nSPS) is 17.7. The number of rotatable bonds is 5. The maximum atomic E-state index is 12.0.